The molecule has 8 heteroatoms. The molecule has 0 aromatic heterocycles. The average molecular weight is 332 g/mol. The van der Waals surface area contributed by atoms with Crippen molar-refractivity contribution in [1.82, 2.24) is 10.6 Å². The van der Waals surface area contributed by atoms with E-state index in [2.05, 4.69) is 16.0 Å². The fraction of sp³-hybridized carbons (Fsp3) is 0.500. The Morgan fingerprint density at radius 2 is 1.88 bits per heavy atom. The van der Waals surface area contributed by atoms with Crippen molar-refractivity contribution in [2.24, 2.45) is 0 Å². The molecule has 0 bridgehead atoms. The molecule has 2 amide bonds. The van der Waals surface area contributed by atoms with E-state index in [4.69, 9.17) is 0 Å². The average Bonchev–Trinajstić information content (AvgIpc) is 2.56. The fourth-order valence-electron chi connectivity index (χ4n) is 3.34. The number of amides is 2. The monoisotopic (exact) mass is 332 g/mol. The summed E-state index contributed by atoms with van der Waals surface area (Å²) in [5.74, 6) is -0.442. The molecule has 3 atom stereocenters. The quantitative estimate of drug-likeness (QED) is 0.568. The van der Waals surface area contributed by atoms with Gasteiger partial charge in [-0.2, -0.15) is 0 Å². The lowest BCUT2D eigenvalue weighted by molar-refractivity contribution is -0.384. The fourth-order valence-corrected chi connectivity index (χ4v) is 3.34. The van der Waals surface area contributed by atoms with Crippen molar-refractivity contribution >= 4 is 23.2 Å². The Kier molecular flexibility index (Phi) is 4.75. The van der Waals surface area contributed by atoms with Gasteiger partial charge in [-0.05, 0) is 25.0 Å². The molecule has 3 N–H and O–H groups in total. The van der Waals surface area contributed by atoms with Crippen LogP contribution in [0.2, 0.25) is 0 Å². The number of nitro benzene ring substituents is 1. The first-order valence-electron chi connectivity index (χ1n) is 8.13. The number of nitro groups is 1. The van der Waals surface area contributed by atoms with E-state index in [1.54, 1.807) is 0 Å². The Labute approximate surface area is 139 Å². The van der Waals surface area contributed by atoms with Gasteiger partial charge in [0, 0.05) is 29.9 Å². The summed E-state index contributed by atoms with van der Waals surface area (Å²) in [6.45, 7) is 0. The molecule has 128 valence electrons. The number of anilines is 1. The van der Waals surface area contributed by atoms with E-state index < -0.39 is 11.0 Å². The minimum atomic E-state index is -0.539. The van der Waals surface area contributed by atoms with Crippen LogP contribution in [0.25, 0.3) is 0 Å². The van der Waals surface area contributed by atoms with E-state index in [9.17, 15) is 19.7 Å². The Morgan fingerprint density at radius 1 is 1.21 bits per heavy atom. The van der Waals surface area contributed by atoms with Gasteiger partial charge in [-0.3, -0.25) is 19.7 Å². The van der Waals surface area contributed by atoms with Gasteiger partial charge in [0.15, 0.2) is 0 Å². The molecule has 1 aliphatic carbocycles. The zero-order valence-corrected chi connectivity index (χ0v) is 13.2. The molecule has 8 nitrogen and oxygen atoms in total. The van der Waals surface area contributed by atoms with Crippen LogP contribution in [0.5, 0.6) is 0 Å². The number of hydrogen-bond acceptors (Lipinski definition) is 5. The van der Waals surface area contributed by atoms with Crippen LogP contribution in [0.4, 0.5) is 11.4 Å². The predicted molar refractivity (Wildman–Crippen MR) is 87.5 cm³/mol. The predicted octanol–water partition coefficient (Wildman–Crippen LogP) is 1.32. The second kappa shape index (κ2) is 6.96. The van der Waals surface area contributed by atoms with Crippen molar-refractivity contribution in [3.63, 3.8) is 0 Å². The van der Waals surface area contributed by atoms with Gasteiger partial charge >= 0.3 is 0 Å². The molecule has 3 rings (SSSR count). The first-order chi connectivity index (χ1) is 11.5. The SMILES string of the molecule is O=C(C[C@H]1N[C@H]2CCCC[C@H]2NC1=O)Nc1ccc([N+](=O)[O-])cc1. The summed E-state index contributed by atoms with van der Waals surface area (Å²) in [5.41, 5.74) is 0.432. The van der Waals surface area contributed by atoms with Gasteiger partial charge in [-0.25, -0.2) is 0 Å². The number of rotatable bonds is 4. The van der Waals surface area contributed by atoms with Crippen molar-refractivity contribution in [2.75, 3.05) is 5.32 Å². The molecule has 1 aliphatic heterocycles. The van der Waals surface area contributed by atoms with Gasteiger partial charge in [0.1, 0.15) is 0 Å². The second-order valence-electron chi connectivity index (χ2n) is 6.28. The smallest absolute Gasteiger partial charge is 0.269 e. The number of fused-ring (bicyclic) bond motifs is 1. The topological polar surface area (TPSA) is 113 Å². The summed E-state index contributed by atoms with van der Waals surface area (Å²) < 4.78 is 0. The third-order valence-corrected chi connectivity index (χ3v) is 4.58. The lowest BCUT2D eigenvalue weighted by Gasteiger charge is -2.40. The number of hydrogen-bond donors (Lipinski definition) is 3. The maximum Gasteiger partial charge on any atom is 0.269 e. The Bertz CT molecular complexity index is 646. The van der Waals surface area contributed by atoms with Crippen LogP contribution in [-0.2, 0) is 9.59 Å². The van der Waals surface area contributed by atoms with Crippen LogP contribution in [0, 0.1) is 10.1 Å². The second-order valence-corrected chi connectivity index (χ2v) is 6.28. The van der Waals surface area contributed by atoms with E-state index in [1.165, 1.54) is 24.3 Å². The van der Waals surface area contributed by atoms with Gasteiger partial charge in [0.25, 0.3) is 5.69 Å². The summed E-state index contributed by atoms with van der Waals surface area (Å²) in [5, 5.41) is 19.6. The molecule has 2 fully saturated rings. The highest BCUT2D eigenvalue weighted by molar-refractivity contribution is 5.95. The highest BCUT2D eigenvalue weighted by atomic mass is 16.6. The summed E-state index contributed by atoms with van der Waals surface area (Å²) in [6.07, 6.45) is 4.27. The van der Waals surface area contributed by atoms with E-state index in [0.717, 1.165) is 25.7 Å². The van der Waals surface area contributed by atoms with Crippen LogP contribution in [-0.4, -0.2) is 34.9 Å². The number of non-ortho nitro benzene ring substituents is 1. The van der Waals surface area contributed by atoms with Crippen molar-refractivity contribution in [3.05, 3.63) is 34.4 Å². The maximum absolute atomic E-state index is 12.1. The van der Waals surface area contributed by atoms with Crippen LogP contribution < -0.4 is 16.0 Å². The number of benzene rings is 1. The Hall–Kier alpha value is -2.48. The third-order valence-electron chi connectivity index (χ3n) is 4.58. The Morgan fingerprint density at radius 3 is 2.54 bits per heavy atom. The summed E-state index contributed by atoms with van der Waals surface area (Å²) in [6, 6.07) is 5.46. The molecule has 0 unspecified atom stereocenters. The highest BCUT2D eigenvalue weighted by Gasteiger charge is 2.36. The first kappa shape index (κ1) is 16.4. The van der Waals surface area contributed by atoms with Crippen molar-refractivity contribution < 1.29 is 14.5 Å². The molecule has 1 aromatic carbocycles. The highest BCUT2D eigenvalue weighted by Crippen LogP contribution is 2.22. The normalized spacial score (nSPS) is 26.2. The maximum atomic E-state index is 12.1. The van der Waals surface area contributed by atoms with Crippen LogP contribution in [0.15, 0.2) is 24.3 Å². The number of carbonyl (C=O) groups excluding carboxylic acids is 2. The van der Waals surface area contributed by atoms with Crippen molar-refractivity contribution in [3.8, 4) is 0 Å². The molecule has 24 heavy (non-hydrogen) atoms. The first-order valence-corrected chi connectivity index (χ1v) is 8.13. The lowest BCUT2D eigenvalue weighted by Crippen LogP contribution is -2.65. The zero-order chi connectivity index (χ0) is 17.1. The molecule has 1 aromatic rings. The molecule has 0 radical (unpaired) electrons. The summed E-state index contributed by atoms with van der Waals surface area (Å²) in [7, 11) is 0. The lowest BCUT2D eigenvalue weighted by atomic mass is 9.87. The number of nitrogens with one attached hydrogen (secondary N) is 3. The minimum Gasteiger partial charge on any atom is -0.350 e. The van der Waals surface area contributed by atoms with Gasteiger partial charge in [-0.1, -0.05) is 12.8 Å². The largest absolute Gasteiger partial charge is 0.350 e. The van der Waals surface area contributed by atoms with Crippen LogP contribution in [0.1, 0.15) is 32.1 Å². The van der Waals surface area contributed by atoms with Gasteiger partial charge in [0.2, 0.25) is 11.8 Å². The molecule has 1 heterocycles. The Balaban J connectivity index is 1.56. The van der Waals surface area contributed by atoms with E-state index >= 15 is 0 Å². The number of carbonyl (C=O) groups is 2. The zero-order valence-electron chi connectivity index (χ0n) is 13.2. The molecular weight excluding hydrogens is 312 g/mol. The van der Waals surface area contributed by atoms with E-state index in [-0.39, 0.29) is 36.0 Å². The van der Waals surface area contributed by atoms with Crippen molar-refractivity contribution in [1.29, 1.82) is 0 Å². The van der Waals surface area contributed by atoms with Crippen LogP contribution in [0.3, 0.4) is 0 Å². The van der Waals surface area contributed by atoms with Crippen molar-refractivity contribution in [2.45, 2.75) is 50.2 Å². The van der Waals surface area contributed by atoms with Crippen LogP contribution >= 0.6 is 0 Å². The van der Waals surface area contributed by atoms with Gasteiger partial charge in [-0.15, -0.1) is 0 Å². The standard InChI is InChI=1S/C16H20N4O4/c21-15(17-10-5-7-11(8-6-10)20(23)24)9-14-16(22)19-13-4-2-1-3-12(13)18-14/h5-8,12-14,18H,1-4,9H2,(H,17,21)(H,19,22)/t12-,13+,14+/m0/s1. The summed E-state index contributed by atoms with van der Waals surface area (Å²) in [4.78, 5) is 34.4. The number of nitrogens with zero attached hydrogens (tertiary/aromatic N) is 1. The van der Waals surface area contributed by atoms with E-state index in [0.29, 0.717) is 5.69 Å². The minimum absolute atomic E-state index is 0.0338. The molecule has 1 saturated heterocycles. The van der Waals surface area contributed by atoms with E-state index in [1.807, 2.05) is 0 Å². The van der Waals surface area contributed by atoms with Gasteiger partial charge < -0.3 is 16.0 Å². The third kappa shape index (κ3) is 3.70. The molecule has 0 spiro atoms. The number of piperazine rings is 1. The van der Waals surface area contributed by atoms with Gasteiger partial charge in [0.05, 0.1) is 17.4 Å². The molecule has 2 aliphatic rings. The molecule has 1 saturated carbocycles. The summed E-state index contributed by atoms with van der Waals surface area (Å²) >= 11 is 0. The molecular formula is C16H20N4O4.